The third-order valence-corrected chi connectivity index (χ3v) is 3.03. The molecule has 0 radical (unpaired) electrons. The Morgan fingerprint density at radius 1 is 1.31 bits per heavy atom. The molecule has 1 atom stereocenters. The van der Waals surface area contributed by atoms with E-state index < -0.39 is 0 Å². The number of hydrogen-bond donors (Lipinski definition) is 0. The molecule has 0 aromatic carbocycles. The Bertz CT molecular complexity index is 506. The third kappa shape index (κ3) is 1.56. The van der Waals surface area contributed by atoms with Gasteiger partial charge in [0.15, 0.2) is 11.5 Å². The fraction of sp³-hybridized carbons (Fsp3) is 0.500. The minimum absolute atomic E-state index is 0.00338. The summed E-state index contributed by atoms with van der Waals surface area (Å²) in [5, 5.41) is 8.70. The molecule has 3 rings (SSSR count). The normalized spacial score (nSPS) is 21.4. The van der Waals surface area contributed by atoms with E-state index in [1.165, 1.54) is 0 Å². The predicted molar refractivity (Wildman–Crippen MR) is 58.3 cm³/mol. The molecule has 0 spiro atoms. The van der Waals surface area contributed by atoms with Gasteiger partial charge in [-0.1, -0.05) is 11.6 Å². The van der Waals surface area contributed by atoms with Crippen molar-refractivity contribution in [3.05, 3.63) is 23.4 Å². The van der Waals surface area contributed by atoms with Crippen molar-refractivity contribution >= 4 is 17.2 Å². The predicted octanol–water partition coefficient (Wildman–Crippen LogP) is 2.02. The molecule has 16 heavy (non-hydrogen) atoms. The molecule has 1 fully saturated rings. The molecule has 5 nitrogen and oxygen atoms in total. The molecule has 2 aromatic rings. The Hall–Kier alpha value is -1.20. The topological polar surface area (TPSA) is 52.3 Å². The van der Waals surface area contributed by atoms with Crippen LogP contribution in [0.5, 0.6) is 0 Å². The monoisotopic (exact) mass is 238 g/mol. The quantitative estimate of drug-likeness (QED) is 0.763. The second-order valence-electron chi connectivity index (χ2n) is 3.84. The zero-order valence-corrected chi connectivity index (χ0v) is 9.39. The number of rotatable bonds is 1. The van der Waals surface area contributed by atoms with Crippen molar-refractivity contribution < 1.29 is 4.74 Å². The third-order valence-electron chi connectivity index (χ3n) is 2.77. The summed E-state index contributed by atoms with van der Waals surface area (Å²) in [7, 11) is 0. The van der Waals surface area contributed by atoms with Crippen LogP contribution in [0, 0.1) is 0 Å². The van der Waals surface area contributed by atoms with E-state index in [-0.39, 0.29) is 6.10 Å². The standard InChI is InChI=1S/C10H11ClN4O/c11-8-5-12-6-9-13-14-10(15(8)9)7-3-1-2-4-16-7/h5-7H,1-4H2. The van der Waals surface area contributed by atoms with E-state index in [9.17, 15) is 0 Å². The fourth-order valence-corrected chi connectivity index (χ4v) is 2.22. The molecule has 1 saturated heterocycles. The van der Waals surface area contributed by atoms with Crippen molar-refractivity contribution in [2.24, 2.45) is 0 Å². The first-order chi connectivity index (χ1) is 7.86. The lowest BCUT2D eigenvalue weighted by Gasteiger charge is -2.21. The minimum atomic E-state index is 0.00338. The van der Waals surface area contributed by atoms with Gasteiger partial charge in [0.2, 0.25) is 0 Å². The second kappa shape index (κ2) is 3.99. The first-order valence-electron chi connectivity index (χ1n) is 5.32. The van der Waals surface area contributed by atoms with E-state index in [1.807, 2.05) is 0 Å². The number of halogens is 1. The van der Waals surface area contributed by atoms with Crippen LogP contribution in [-0.4, -0.2) is 26.2 Å². The number of hydrogen-bond acceptors (Lipinski definition) is 4. The van der Waals surface area contributed by atoms with Gasteiger partial charge in [-0.25, -0.2) is 0 Å². The van der Waals surface area contributed by atoms with Crippen molar-refractivity contribution in [2.45, 2.75) is 25.4 Å². The summed E-state index contributed by atoms with van der Waals surface area (Å²) in [6, 6.07) is 0. The second-order valence-corrected chi connectivity index (χ2v) is 4.22. The Morgan fingerprint density at radius 3 is 3.06 bits per heavy atom. The van der Waals surface area contributed by atoms with Gasteiger partial charge in [0, 0.05) is 6.61 Å². The molecule has 0 aliphatic carbocycles. The number of nitrogens with zero attached hydrogens (tertiary/aromatic N) is 4. The van der Waals surface area contributed by atoms with Crippen LogP contribution in [0.25, 0.3) is 5.65 Å². The van der Waals surface area contributed by atoms with Crippen LogP contribution in [0.15, 0.2) is 12.4 Å². The van der Waals surface area contributed by atoms with E-state index in [0.717, 1.165) is 31.7 Å². The summed E-state index contributed by atoms with van der Waals surface area (Å²) in [5.41, 5.74) is 0.664. The molecule has 84 valence electrons. The van der Waals surface area contributed by atoms with E-state index >= 15 is 0 Å². The van der Waals surface area contributed by atoms with Gasteiger partial charge in [0.05, 0.1) is 12.4 Å². The van der Waals surface area contributed by atoms with Gasteiger partial charge < -0.3 is 4.74 Å². The summed E-state index contributed by atoms with van der Waals surface area (Å²) >= 11 is 6.09. The lowest BCUT2D eigenvalue weighted by atomic mass is 10.1. The average molecular weight is 239 g/mol. The van der Waals surface area contributed by atoms with Gasteiger partial charge in [-0.15, -0.1) is 10.2 Å². The lowest BCUT2D eigenvalue weighted by molar-refractivity contribution is 0.00886. The maximum atomic E-state index is 6.09. The maximum Gasteiger partial charge on any atom is 0.180 e. The van der Waals surface area contributed by atoms with Crippen LogP contribution in [0.4, 0.5) is 0 Å². The highest BCUT2D eigenvalue weighted by molar-refractivity contribution is 6.29. The molecule has 0 amide bonds. The molecule has 1 aliphatic heterocycles. The van der Waals surface area contributed by atoms with Gasteiger partial charge in [-0.05, 0) is 19.3 Å². The van der Waals surface area contributed by atoms with E-state index in [4.69, 9.17) is 16.3 Å². The lowest BCUT2D eigenvalue weighted by Crippen LogP contribution is -2.14. The minimum Gasteiger partial charge on any atom is -0.370 e. The van der Waals surface area contributed by atoms with Gasteiger partial charge in [0.1, 0.15) is 11.3 Å². The molecule has 3 heterocycles. The summed E-state index contributed by atoms with van der Waals surface area (Å²) < 4.78 is 7.48. The highest BCUT2D eigenvalue weighted by Crippen LogP contribution is 2.27. The molecule has 6 heteroatoms. The zero-order chi connectivity index (χ0) is 11.0. The summed E-state index contributed by atoms with van der Waals surface area (Å²) in [4.78, 5) is 3.97. The van der Waals surface area contributed by atoms with E-state index in [0.29, 0.717) is 10.8 Å². The Kier molecular flexibility index (Phi) is 2.49. The Balaban J connectivity index is 2.09. The number of fused-ring (bicyclic) bond motifs is 1. The first-order valence-corrected chi connectivity index (χ1v) is 5.70. The first kappa shape index (κ1) is 9.99. The van der Waals surface area contributed by atoms with E-state index in [1.54, 1.807) is 16.8 Å². The van der Waals surface area contributed by atoms with Crippen LogP contribution < -0.4 is 0 Å². The zero-order valence-electron chi connectivity index (χ0n) is 8.64. The van der Waals surface area contributed by atoms with Crippen LogP contribution in [-0.2, 0) is 4.74 Å². The smallest absolute Gasteiger partial charge is 0.180 e. The van der Waals surface area contributed by atoms with Crippen LogP contribution in [0.3, 0.4) is 0 Å². The molecular formula is C10H11ClN4O. The average Bonchev–Trinajstić information content (AvgIpc) is 2.75. The van der Waals surface area contributed by atoms with Crippen molar-refractivity contribution in [1.82, 2.24) is 19.6 Å². The largest absolute Gasteiger partial charge is 0.370 e. The summed E-state index contributed by atoms with van der Waals surface area (Å²) in [6.07, 6.45) is 6.48. The molecule has 1 unspecified atom stereocenters. The van der Waals surface area contributed by atoms with Gasteiger partial charge in [-0.3, -0.25) is 9.38 Å². The van der Waals surface area contributed by atoms with E-state index in [2.05, 4.69) is 15.2 Å². The highest BCUT2D eigenvalue weighted by atomic mass is 35.5. The van der Waals surface area contributed by atoms with Crippen LogP contribution in [0.2, 0.25) is 5.15 Å². The van der Waals surface area contributed by atoms with Crippen LogP contribution >= 0.6 is 11.6 Å². The van der Waals surface area contributed by atoms with Gasteiger partial charge >= 0.3 is 0 Å². The van der Waals surface area contributed by atoms with Gasteiger partial charge in [0.25, 0.3) is 0 Å². The van der Waals surface area contributed by atoms with Crippen LogP contribution in [0.1, 0.15) is 31.2 Å². The highest BCUT2D eigenvalue weighted by Gasteiger charge is 2.22. The van der Waals surface area contributed by atoms with Gasteiger partial charge in [-0.2, -0.15) is 0 Å². The number of aromatic nitrogens is 4. The molecule has 0 N–H and O–H groups in total. The Morgan fingerprint density at radius 2 is 2.25 bits per heavy atom. The fourth-order valence-electron chi connectivity index (χ4n) is 1.99. The number of ether oxygens (including phenoxy) is 1. The van der Waals surface area contributed by atoms with Crippen molar-refractivity contribution in [1.29, 1.82) is 0 Å². The maximum absolute atomic E-state index is 6.09. The van der Waals surface area contributed by atoms with Crippen molar-refractivity contribution in [3.8, 4) is 0 Å². The molecule has 0 saturated carbocycles. The van der Waals surface area contributed by atoms with Crippen molar-refractivity contribution in [2.75, 3.05) is 6.61 Å². The SMILES string of the molecule is Clc1cncc2nnc(C3CCCCO3)n12. The van der Waals surface area contributed by atoms with Crippen molar-refractivity contribution in [3.63, 3.8) is 0 Å². The Labute approximate surface area is 97.4 Å². The summed E-state index contributed by atoms with van der Waals surface area (Å²) in [6.45, 7) is 0.780. The molecule has 0 bridgehead atoms. The molecule has 1 aliphatic rings. The molecular weight excluding hydrogens is 228 g/mol. The summed E-state index contributed by atoms with van der Waals surface area (Å²) in [5.74, 6) is 0.780. The molecule has 2 aromatic heterocycles.